The molecule has 2 saturated carbocycles. The zero-order valence-electron chi connectivity index (χ0n) is 14.5. The van der Waals surface area contributed by atoms with Gasteiger partial charge in [-0.2, -0.15) is 0 Å². The number of urea groups is 1. The molecule has 2 N–H and O–H groups in total. The highest BCUT2D eigenvalue weighted by Gasteiger charge is 2.32. The van der Waals surface area contributed by atoms with Gasteiger partial charge in [0.1, 0.15) is 0 Å². The first-order valence-corrected chi connectivity index (χ1v) is 9.06. The molecule has 6 heteroatoms. The fourth-order valence-corrected chi connectivity index (χ4v) is 2.84. The number of pyridine rings is 1. The second-order valence-corrected chi connectivity index (χ2v) is 6.98. The van der Waals surface area contributed by atoms with Crippen LogP contribution in [-0.4, -0.2) is 33.9 Å². The average Bonchev–Trinajstić information content (AvgIpc) is 3.55. The first-order valence-electron chi connectivity index (χ1n) is 9.06. The van der Waals surface area contributed by atoms with Gasteiger partial charge in [-0.3, -0.25) is 9.78 Å². The molecule has 1 aromatic carbocycles. The van der Waals surface area contributed by atoms with Crippen LogP contribution in [-0.2, 0) is 6.54 Å². The van der Waals surface area contributed by atoms with Crippen molar-refractivity contribution in [3.05, 3.63) is 59.9 Å². The second kappa shape index (κ2) is 7.15. The van der Waals surface area contributed by atoms with E-state index in [0.29, 0.717) is 23.8 Å². The lowest BCUT2D eigenvalue weighted by atomic mass is 10.1. The molecule has 0 unspecified atom stereocenters. The lowest BCUT2D eigenvalue weighted by Gasteiger charge is -2.23. The first-order chi connectivity index (χ1) is 12.7. The molecule has 0 radical (unpaired) electrons. The molecule has 2 aliphatic carbocycles. The van der Waals surface area contributed by atoms with Crippen molar-refractivity contribution < 1.29 is 9.59 Å². The number of rotatable bonds is 6. The molecule has 134 valence electrons. The minimum absolute atomic E-state index is 0.0209. The molecule has 6 nitrogen and oxygen atoms in total. The van der Waals surface area contributed by atoms with Crippen molar-refractivity contribution in [1.29, 1.82) is 0 Å². The van der Waals surface area contributed by atoms with Gasteiger partial charge in [-0.1, -0.05) is 12.1 Å². The molecule has 0 saturated heterocycles. The number of anilines is 1. The molecule has 26 heavy (non-hydrogen) atoms. The van der Waals surface area contributed by atoms with E-state index in [-0.39, 0.29) is 18.0 Å². The van der Waals surface area contributed by atoms with Gasteiger partial charge >= 0.3 is 6.03 Å². The van der Waals surface area contributed by atoms with E-state index in [1.54, 1.807) is 18.5 Å². The van der Waals surface area contributed by atoms with Crippen molar-refractivity contribution in [3.8, 4) is 0 Å². The number of benzene rings is 1. The number of hydrogen-bond donors (Lipinski definition) is 2. The van der Waals surface area contributed by atoms with Crippen LogP contribution >= 0.6 is 0 Å². The topological polar surface area (TPSA) is 74.3 Å². The molecular weight excluding hydrogens is 328 g/mol. The van der Waals surface area contributed by atoms with E-state index < -0.39 is 0 Å². The van der Waals surface area contributed by atoms with Crippen LogP contribution in [0.1, 0.15) is 41.6 Å². The minimum Gasteiger partial charge on any atom is -0.349 e. The quantitative estimate of drug-likeness (QED) is 0.840. The second-order valence-electron chi connectivity index (χ2n) is 6.98. The molecule has 0 bridgehead atoms. The number of nitrogens with zero attached hydrogens (tertiary/aromatic N) is 2. The minimum atomic E-state index is -0.115. The fraction of sp³-hybridized carbons (Fsp3) is 0.350. The zero-order valence-corrected chi connectivity index (χ0v) is 14.5. The van der Waals surface area contributed by atoms with Gasteiger partial charge in [0.05, 0.1) is 11.9 Å². The highest BCUT2D eigenvalue weighted by Crippen LogP contribution is 2.29. The molecule has 0 atom stereocenters. The summed E-state index contributed by atoms with van der Waals surface area (Å²) in [6.45, 7) is 0.529. The van der Waals surface area contributed by atoms with Crippen molar-refractivity contribution in [2.75, 3.05) is 5.32 Å². The molecule has 0 spiro atoms. The molecule has 2 aliphatic rings. The Hall–Kier alpha value is -2.89. The fourth-order valence-electron chi connectivity index (χ4n) is 2.84. The molecule has 1 heterocycles. The Kier molecular flexibility index (Phi) is 4.56. The summed E-state index contributed by atoms with van der Waals surface area (Å²) in [5, 5.41) is 5.89. The maximum atomic E-state index is 12.6. The lowest BCUT2D eigenvalue weighted by molar-refractivity contribution is 0.0951. The molecule has 4 rings (SSSR count). The van der Waals surface area contributed by atoms with Crippen LogP contribution in [0.3, 0.4) is 0 Å². The Morgan fingerprint density at radius 3 is 2.46 bits per heavy atom. The predicted octanol–water partition coefficient (Wildman–Crippen LogP) is 3.17. The van der Waals surface area contributed by atoms with Gasteiger partial charge in [-0.15, -0.1) is 0 Å². The summed E-state index contributed by atoms with van der Waals surface area (Å²) in [7, 11) is 0. The van der Waals surface area contributed by atoms with Crippen LogP contribution in [0.25, 0.3) is 0 Å². The Balaban J connectivity index is 1.40. The summed E-state index contributed by atoms with van der Waals surface area (Å²) in [6, 6.07) is 11.6. The number of carbonyl (C=O) groups excluding carboxylic acids is 2. The van der Waals surface area contributed by atoms with Crippen molar-refractivity contribution in [1.82, 2.24) is 15.2 Å². The number of nitrogens with one attached hydrogen (secondary N) is 2. The van der Waals surface area contributed by atoms with E-state index in [0.717, 1.165) is 31.2 Å². The van der Waals surface area contributed by atoms with Crippen molar-refractivity contribution >= 4 is 17.6 Å². The summed E-state index contributed by atoms with van der Waals surface area (Å²) >= 11 is 0. The molecule has 1 aromatic heterocycles. The third-order valence-corrected chi connectivity index (χ3v) is 4.64. The third kappa shape index (κ3) is 4.20. The van der Waals surface area contributed by atoms with Crippen LogP contribution < -0.4 is 10.6 Å². The van der Waals surface area contributed by atoms with Crippen molar-refractivity contribution in [3.63, 3.8) is 0 Å². The monoisotopic (exact) mass is 350 g/mol. The van der Waals surface area contributed by atoms with Crippen LogP contribution in [0.4, 0.5) is 10.5 Å². The van der Waals surface area contributed by atoms with E-state index in [1.165, 1.54) is 0 Å². The number of aromatic nitrogens is 1. The van der Waals surface area contributed by atoms with E-state index in [1.807, 2.05) is 35.2 Å². The Labute approximate surface area is 152 Å². The van der Waals surface area contributed by atoms with Crippen LogP contribution in [0.2, 0.25) is 0 Å². The van der Waals surface area contributed by atoms with Gasteiger partial charge < -0.3 is 15.5 Å². The lowest BCUT2D eigenvalue weighted by Crippen LogP contribution is -2.36. The van der Waals surface area contributed by atoms with E-state index >= 15 is 0 Å². The van der Waals surface area contributed by atoms with Gasteiger partial charge in [-0.25, -0.2) is 4.79 Å². The smallest absolute Gasteiger partial charge is 0.322 e. The van der Waals surface area contributed by atoms with Gasteiger partial charge in [0.2, 0.25) is 0 Å². The number of carbonyl (C=O) groups is 2. The first kappa shape index (κ1) is 16.6. The third-order valence-electron chi connectivity index (χ3n) is 4.64. The molecular formula is C20H22N4O2. The average molecular weight is 350 g/mol. The standard InChI is InChI=1S/C20H22N4O2/c25-19(22-16-7-8-16)15-5-3-14(4-6-15)13-24(18-9-10-18)20(26)23-17-2-1-11-21-12-17/h1-6,11-12,16,18H,7-10,13H2,(H,22,25)(H,23,26). The van der Waals surface area contributed by atoms with Crippen LogP contribution in [0, 0.1) is 0 Å². The molecule has 3 amide bonds. The van der Waals surface area contributed by atoms with Crippen LogP contribution in [0.15, 0.2) is 48.8 Å². The Bertz CT molecular complexity index is 783. The van der Waals surface area contributed by atoms with E-state index in [9.17, 15) is 9.59 Å². The maximum Gasteiger partial charge on any atom is 0.322 e. The van der Waals surface area contributed by atoms with Crippen molar-refractivity contribution in [2.45, 2.75) is 44.3 Å². The number of hydrogen-bond acceptors (Lipinski definition) is 3. The summed E-state index contributed by atoms with van der Waals surface area (Å²) in [5.41, 5.74) is 2.37. The maximum absolute atomic E-state index is 12.6. The van der Waals surface area contributed by atoms with E-state index in [4.69, 9.17) is 0 Å². The Morgan fingerprint density at radius 2 is 1.85 bits per heavy atom. The van der Waals surface area contributed by atoms with Gasteiger partial charge in [0.25, 0.3) is 5.91 Å². The molecule has 2 fully saturated rings. The Morgan fingerprint density at radius 1 is 1.08 bits per heavy atom. The predicted molar refractivity (Wildman–Crippen MR) is 98.8 cm³/mol. The summed E-state index contributed by atoms with van der Waals surface area (Å²) in [5.74, 6) is -0.0209. The molecule has 2 aromatic rings. The normalized spacial score (nSPS) is 16.0. The highest BCUT2D eigenvalue weighted by atomic mass is 16.2. The van der Waals surface area contributed by atoms with Gasteiger partial charge in [0, 0.05) is 30.4 Å². The summed E-state index contributed by atoms with van der Waals surface area (Å²) < 4.78 is 0. The largest absolute Gasteiger partial charge is 0.349 e. The van der Waals surface area contributed by atoms with Gasteiger partial charge in [-0.05, 0) is 55.5 Å². The van der Waals surface area contributed by atoms with Gasteiger partial charge in [0.15, 0.2) is 0 Å². The SMILES string of the molecule is O=C(NC1CC1)c1ccc(CN(C(=O)Nc2cccnc2)C2CC2)cc1. The van der Waals surface area contributed by atoms with Crippen molar-refractivity contribution in [2.24, 2.45) is 0 Å². The van der Waals surface area contributed by atoms with Crippen LogP contribution in [0.5, 0.6) is 0 Å². The van der Waals surface area contributed by atoms with E-state index in [2.05, 4.69) is 15.6 Å². The zero-order chi connectivity index (χ0) is 17.9. The highest BCUT2D eigenvalue weighted by molar-refractivity contribution is 5.94. The summed E-state index contributed by atoms with van der Waals surface area (Å²) in [6.07, 6.45) is 7.52. The number of amides is 3. The molecule has 0 aliphatic heterocycles. The summed E-state index contributed by atoms with van der Waals surface area (Å²) in [4.78, 5) is 30.6.